The minimum Gasteiger partial charge on any atom is -0.361 e. The fraction of sp³-hybridized carbons (Fsp3) is 0.0488. The van der Waals surface area contributed by atoms with Gasteiger partial charge in [-0.3, -0.25) is 9.56 Å². The number of rotatable bonds is 3. The molecule has 4 aromatic carbocycles. The van der Waals surface area contributed by atoms with Gasteiger partial charge in [-0.25, -0.2) is 9.97 Å². The number of allylic oxidation sites excluding steroid dienone is 3. The summed E-state index contributed by atoms with van der Waals surface area (Å²) >= 11 is 0. The number of para-hydroxylation sites is 4. The van der Waals surface area contributed by atoms with E-state index in [0.29, 0.717) is 0 Å². The largest absolute Gasteiger partial charge is 0.361 e. The van der Waals surface area contributed by atoms with E-state index in [1.807, 2.05) is 49.1 Å². The van der Waals surface area contributed by atoms with Crippen molar-refractivity contribution in [3.8, 4) is 16.9 Å². The molecule has 7 heteroatoms. The molecule has 7 aromatic rings. The van der Waals surface area contributed by atoms with Crippen LogP contribution in [0.15, 0.2) is 163 Å². The number of aromatic nitrogens is 3. The molecule has 2 aliphatic rings. The number of anilines is 4. The summed E-state index contributed by atoms with van der Waals surface area (Å²) in [5, 5.41) is 5.92. The van der Waals surface area contributed by atoms with Crippen LogP contribution < -0.4 is 15.1 Å². The van der Waals surface area contributed by atoms with Crippen molar-refractivity contribution < 1.29 is 0 Å². The normalized spacial score (nSPS) is 15.9. The van der Waals surface area contributed by atoms with E-state index < -0.39 is 0 Å². The second-order valence-electron chi connectivity index (χ2n) is 11.8. The molecule has 0 atom stereocenters. The number of hydrogen-bond acceptors (Lipinski definition) is 6. The summed E-state index contributed by atoms with van der Waals surface area (Å²) in [4.78, 5) is 19.5. The fourth-order valence-corrected chi connectivity index (χ4v) is 6.87. The van der Waals surface area contributed by atoms with E-state index in [1.54, 1.807) is 0 Å². The van der Waals surface area contributed by atoms with Gasteiger partial charge in [0.15, 0.2) is 5.82 Å². The molecule has 0 spiro atoms. The number of pyridine rings is 2. The van der Waals surface area contributed by atoms with Crippen molar-refractivity contribution in [3.05, 3.63) is 158 Å². The Morgan fingerprint density at radius 2 is 1.35 bits per heavy atom. The summed E-state index contributed by atoms with van der Waals surface area (Å²) in [6.07, 6.45) is 11.9. The van der Waals surface area contributed by atoms with Crippen LogP contribution in [-0.2, 0) is 0 Å². The molecule has 0 aliphatic carbocycles. The molecule has 230 valence electrons. The molecule has 1 N–H and O–H groups in total. The van der Waals surface area contributed by atoms with Crippen molar-refractivity contribution in [2.24, 2.45) is 4.99 Å². The van der Waals surface area contributed by atoms with Gasteiger partial charge >= 0.3 is 0 Å². The monoisotopic (exact) mass is 621 g/mol. The summed E-state index contributed by atoms with van der Waals surface area (Å²) in [7, 11) is 0. The molecule has 7 nitrogen and oxygen atoms in total. The molecule has 0 radical (unpaired) electrons. The van der Waals surface area contributed by atoms with E-state index in [-0.39, 0.29) is 0 Å². The Balaban J connectivity index is 1.07. The minimum absolute atomic E-state index is 0.722. The highest BCUT2D eigenvalue weighted by molar-refractivity contribution is 6.09. The quantitative estimate of drug-likeness (QED) is 0.213. The molecule has 5 heterocycles. The van der Waals surface area contributed by atoms with Gasteiger partial charge in [-0.2, -0.15) is 0 Å². The zero-order chi connectivity index (χ0) is 31.9. The average Bonchev–Trinajstić information content (AvgIpc) is 3.47. The maximum Gasteiger partial charge on any atom is 0.157 e. The smallest absolute Gasteiger partial charge is 0.157 e. The number of nitrogens with one attached hydrogen (secondary N) is 1. The summed E-state index contributed by atoms with van der Waals surface area (Å²) < 4.78 is 2.24. The van der Waals surface area contributed by atoms with Gasteiger partial charge in [0, 0.05) is 53.1 Å². The molecule has 0 saturated heterocycles. The molecule has 0 amide bonds. The summed E-state index contributed by atoms with van der Waals surface area (Å²) in [5.74, 6) is 1.77. The van der Waals surface area contributed by atoms with Gasteiger partial charge < -0.3 is 15.1 Å². The zero-order valence-corrected chi connectivity index (χ0v) is 26.1. The Kier molecular flexibility index (Phi) is 6.79. The Morgan fingerprint density at radius 1 is 0.625 bits per heavy atom. The first-order valence-electron chi connectivity index (χ1n) is 16.1. The van der Waals surface area contributed by atoms with Gasteiger partial charge in [0.25, 0.3) is 0 Å². The Hall–Kier alpha value is -6.47. The molecular weight excluding hydrogens is 591 g/mol. The molecule has 0 unspecified atom stereocenters. The predicted octanol–water partition coefficient (Wildman–Crippen LogP) is 9.42. The van der Waals surface area contributed by atoms with Gasteiger partial charge in [-0.15, -0.1) is 0 Å². The van der Waals surface area contributed by atoms with Crippen LogP contribution >= 0.6 is 0 Å². The number of aliphatic imine (C=N–C) groups is 1. The van der Waals surface area contributed by atoms with E-state index in [4.69, 9.17) is 15.0 Å². The van der Waals surface area contributed by atoms with Gasteiger partial charge in [0.1, 0.15) is 5.82 Å². The van der Waals surface area contributed by atoms with E-state index in [9.17, 15) is 0 Å². The Bertz CT molecular complexity index is 2350. The SMILES string of the molecule is C1=Nc2ccccc2-c2ccccc2N/C=C/C=C\1N1CCN(c2ccc(-n3c4ccccc4c4ccccc43)nc2)c2cccnc21. The lowest BCUT2D eigenvalue weighted by Crippen LogP contribution is -2.39. The van der Waals surface area contributed by atoms with Crippen LogP contribution in [0.1, 0.15) is 0 Å². The van der Waals surface area contributed by atoms with Crippen LogP contribution in [0.4, 0.5) is 28.6 Å². The fourth-order valence-electron chi connectivity index (χ4n) is 6.87. The minimum atomic E-state index is 0.722. The molecule has 3 aromatic heterocycles. The summed E-state index contributed by atoms with van der Waals surface area (Å²) in [6.45, 7) is 1.48. The van der Waals surface area contributed by atoms with Crippen molar-refractivity contribution >= 4 is 56.6 Å². The molecule has 2 aliphatic heterocycles. The third-order valence-electron chi connectivity index (χ3n) is 9.08. The number of fused-ring (bicyclic) bond motifs is 7. The number of hydrogen-bond donors (Lipinski definition) is 1. The second-order valence-corrected chi connectivity index (χ2v) is 11.8. The lowest BCUT2D eigenvalue weighted by atomic mass is 10.0. The van der Waals surface area contributed by atoms with Crippen molar-refractivity contribution in [2.45, 2.75) is 0 Å². The van der Waals surface area contributed by atoms with Crippen LogP contribution in [0.5, 0.6) is 0 Å². The Labute approximate surface area is 278 Å². The topological polar surface area (TPSA) is 61.6 Å². The standard InChI is InChI=1S/C41H31N7/c1-5-16-35-31(12-1)32-13-2-6-17-36(32)44-27-29(11-9-23-42-35)47-26-25-46(39-20-10-24-43-41(39)47)30-21-22-40(45-28-30)48-37-18-7-3-14-33(37)34-15-4-8-19-38(34)48/h1-24,27-28,42H,25-26H2/b23-9+,29-11+,44-27?. The molecule has 9 rings (SSSR count). The molecule has 0 bridgehead atoms. The first-order chi connectivity index (χ1) is 23.8. The molecule has 48 heavy (non-hydrogen) atoms. The number of nitrogens with zero attached hydrogens (tertiary/aromatic N) is 6. The van der Waals surface area contributed by atoms with Crippen molar-refractivity contribution in [2.75, 3.05) is 28.2 Å². The van der Waals surface area contributed by atoms with Crippen LogP contribution in [0.3, 0.4) is 0 Å². The van der Waals surface area contributed by atoms with Crippen LogP contribution in [0, 0.1) is 0 Å². The van der Waals surface area contributed by atoms with Crippen molar-refractivity contribution in [1.82, 2.24) is 14.5 Å². The third-order valence-corrected chi connectivity index (χ3v) is 9.08. The van der Waals surface area contributed by atoms with E-state index in [1.165, 1.54) is 10.8 Å². The van der Waals surface area contributed by atoms with Crippen LogP contribution in [0.25, 0.3) is 38.8 Å². The zero-order valence-electron chi connectivity index (χ0n) is 26.1. The van der Waals surface area contributed by atoms with Gasteiger partial charge in [0.05, 0.1) is 46.2 Å². The highest BCUT2D eigenvalue weighted by Gasteiger charge is 2.27. The highest BCUT2D eigenvalue weighted by Crippen LogP contribution is 2.39. The lowest BCUT2D eigenvalue weighted by Gasteiger charge is -2.38. The van der Waals surface area contributed by atoms with Crippen LogP contribution in [0.2, 0.25) is 0 Å². The predicted molar refractivity (Wildman–Crippen MR) is 198 cm³/mol. The van der Waals surface area contributed by atoms with E-state index in [2.05, 4.69) is 129 Å². The average molecular weight is 622 g/mol. The third kappa shape index (κ3) is 4.72. The maximum atomic E-state index is 5.02. The van der Waals surface area contributed by atoms with Crippen molar-refractivity contribution in [1.29, 1.82) is 0 Å². The molecule has 0 saturated carbocycles. The Morgan fingerprint density at radius 3 is 2.17 bits per heavy atom. The van der Waals surface area contributed by atoms with Crippen LogP contribution in [-0.4, -0.2) is 33.8 Å². The lowest BCUT2D eigenvalue weighted by molar-refractivity contribution is 0.817. The van der Waals surface area contributed by atoms with Gasteiger partial charge in [0.2, 0.25) is 0 Å². The first kappa shape index (κ1) is 27.8. The van der Waals surface area contributed by atoms with E-state index >= 15 is 0 Å². The first-order valence-corrected chi connectivity index (χ1v) is 16.1. The maximum absolute atomic E-state index is 5.02. The highest BCUT2D eigenvalue weighted by atomic mass is 15.3. The number of benzene rings is 4. The van der Waals surface area contributed by atoms with E-state index in [0.717, 1.165) is 75.3 Å². The second kappa shape index (κ2) is 11.7. The van der Waals surface area contributed by atoms with Gasteiger partial charge in [-0.1, -0.05) is 72.8 Å². The summed E-state index contributed by atoms with van der Waals surface area (Å²) in [5.41, 5.74) is 9.42. The summed E-state index contributed by atoms with van der Waals surface area (Å²) in [6, 6.07) is 42.0. The van der Waals surface area contributed by atoms with Gasteiger partial charge in [-0.05, 0) is 60.7 Å². The molecular formula is C41H31N7. The van der Waals surface area contributed by atoms with Crippen molar-refractivity contribution in [3.63, 3.8) is 0 Å². The molecule has 0 fully saturated rings.